The van der Waals surface area contributed by atoms with E-state index in [9.17, 15) is 4.79 Å². The molecule has 1 aliphatic heterocycles. The van der Waals surface area contributed by atoms with Gasteiger partial charge in [0.1, 0.15) is 0 Å². The third kappa shape index (κ3) is 1.65. The van der Waals surface area contributed by atoms with Crippen LogP contribution >= 0.6 is 0 Å². The summed E-state index contributed by atoms with van der Waals surface area (Å²) in [6, 6.07) is 0. The molecule has 0 amide bonds. The second-order valence-electron chi connectivity index (χ2n) is 6.11. The van der Waals surface area contributed by atoms with Crippen LogP contribution in [0.4, 0.5) is 0 Å². The van der Waals surface area contributed by atoms with Gasteiger partial charge < -0.3 is 4.74 Å². The number of ether oxygens (including phenoxy) is 1. The van der Waals surface area contributed by atoms with Crippen LogP contribution in [0.15, 0.2) is 11.1 Å². The van der Waals surface area contributed by atoms with Crippen molar-refractivity contribution in [2.24, 2.45) is 5.41 Å². The summed E-state index contributed by atoms with van der Waals surface area (Å²) in [5.74, 6) is 0.301. The highest BCUT2D eigenvalue weighted by Gasteiger charge is 2.46. The molecule has 1 aliphatic carbocycles. The fourth-order valence-corrected chi connectivity index (χ4v) is 2.82. The lowest BCUT2D eigenvalue weighted by Gasteiger charge is -2.33. The number of fused-ring (bicyclic) bond motifs is 1. The highest BCUT2D eigenvalue weighted by Crippen LogP contribution is 2.46. The van der Waals surface area contributed by atoms with Crippen LogP contribution in [0.1, 0.15) is 47.5 Å². The average molecular weight is 208 g/mol. The molecule has 0 bridgehead atoms. The van der Waals surface area contributed by atoms with Crippen LogP contribution in [0.5, 0.6) is 0 Å². The Hall–Kier alpha value is -0.630. The Morgan fingerprint density at radius 1 is 1.27 bits per heavy atom. The summed E-state index contributed by atoms with van der Waals surface area (Å²) < 4.78 is 6.00. The minimum atomic E-state index is -0.251. The number of Topliss-reactive ketones (excluding diaryl/α,β-unsaturated/α-hetero) is 1. The first kappa shape index (κ1) is 10.9. The maximum atomic E-state index is 12.1. The topological polar surface area (TPSA) is 26.3 Å². The van der Waals surface area contributed by atoms with Gasteiger partial charge in [0.15, 0.2) is 5.78 Å². The van der Waals surface area contributed by atoms with E-state index in [1.54, 1.807) is 0 Å². The molecule has 0 aromatic heterocycles. The summed E-state index contributed by atoms with van der Waals surface area (Å²) in [6.07, 6.45) is 1.92. The molecule has 2 rings (SSSR count). The second-order valence-corrected chi connectivity index (χ2v) is 6.11. The summed E-state index contributed by atoms with van der Waals surface area (Å²) in [4.78, 5) is 12.1. The summed E-state index contributed by atoms with van der Waals surface area (Å²) >= 11 is 0. The minimum Gasteiger partial charge on any atom is -0.368 e. The van der Waals surface area contributed by atoms with Crippen LogP contribution in [-0.2, 0) is 9.53 Å². The summed E-state index contributed by atoms with van der Waals surface area (Å²) in [7, 11) is 0. The van der Waals surface area contributed by atoms with Crippen molar-refractivity contribution in [1.29, 1.82) is 0 Å². The predicted octanol–water partition coefficient (Wildman–Crippen LogP) is 2.87. The quantitative estimate of drug-likeness (QED) is 0.612. The van der Waals surface area contributed by atoms with Crippen molar-refractivity contribution < 1.29 is 9.53 Å². The van der Waals surface area contributed by atoms with Crippen LogP contribution in [0.3, 0.4) is 0 Å². The third-order valence-corrected chi connectivity index (χ3v) is 3.60. The van der Waals surface area contributed by atoms with E-state index in [0.717, 1.165) is 18.4 Å². The van der Waals surface area contributed by atoms with Gasteiger partial charge >= 0.3 is 0 Å². The predicted molar refractivity (Wildman–Crippen MR) is 59.7 cm³/mol. The van der Waals surface area contributed by atoms with Gasteiger partial charge in [-0.25, -0.2) is 0 Å². The van der Waals surface area contributed by atoms with Gasteiger partial charge in [0.2, 0.25) is 0 Å². The molecule has 0 spiro atoms. The number of rotatable bonds is 0. The molecule has 0 aromatic rings. The van der Waals surface area contributed by atoms with E-state index in [0.29, 0.717) is 5.78 Å². The van der Waals surface area contributed by atoms with Crippen LogP contribution in [0, 0.1) is 5.41 Å². The highest BCUT2D eigenvalue weighted by molar-refractivity contribution is 6.00. The van der Waals surface area contributed by atoms with E-state index in [1.165, 1.54) is 5.57 Å². The smallest absolute Gasteiger partial charge is 0.164 e. The first-order chi connectivity index (χ1) is 6.73. The number of carbonyl (C=O) groups excluding carboxylic acids is 1. The summed E-state index contributed by atoms with van der Waals surface area (Å²) in [5, 5.41) is 0. The van der Waals surface area contributed by atoms with Gasteiger partial charge in [-0.3, -0.25) is 4.79 Å². The SMILES string of the molecule is CC1=C2CC(C)(C)OC2CC(C)(C)C1=O. The standard InChI is InChI=1S/C13H20O2/c1-8-9-6-13(4,5)15-10(9)7-12(2,3)11(8)14/h10H,6-7H2,1-5H3. The number of hydrogen-bond acceptors (Lipinski definition) is 2. The molecular weight excluding hydrogens is 188 g/mol. The van der Waals surface area contributed by atoms with Crippen LogP contribution in [0.25, 0.3) is 0 Å². The Morgan fingerprint density at radius 2 is 1.87 bits per heavy atom. The molecule has 15 heavy (non-hydrogen) atoms. The number of hydrogen-bond donors (Lipinski definition) is 0. The number of carbonyl (C=O) groups is 1. The van der Waals surface area contributed by atoms with E-state index in [1.807, 2.05) is 20.8 Å². The Morgan fingerprint density at radius 3 is 2.47 bits per heavy atom. The number of allylic oxidation sites excluding steroid dienone is 1. The second kappa shape index (κ2) is 2.94. The lowest BCUT2D eigenvalue weighted by atomic mass is 9.72. The minimum absolute atomic E-state index is 0.0953. The van der Waals surface area contributed by atoms with Gasteiger partial charge in [0.25, 0.3) is 0 Å². The van der Waals surface area contributed by atoms with Gasteiger partial charge in [-0.1, -0.05) is 13.8 Å². The Balaban J connectivity index is 2.42. The molecule has 0 radical (unpaired) electrons. The van der Waals surface area contributed by atoms with Gasteiger partial charge in [0, 0.05) is 11.8 Å². The molecular formula is C13H20O2. The first-order valence-electron chi connectivity index (χ1n) is 5.65. The molecule has 1 unspecified atom stereocenters. The molecule has 1 atom stereocenters. The molecule has 0 saturated carbocycles. The fraction of sp³-hybridized carbons (Fsp3) is 0.769. The lowest BCUT2D eigenvalue weighted by Crippen LogP contribution is -2.36. The Labute approximate surface area is 91.7 Å². The molecule has 0 N–H and O–H groups in total. The zero-order valence-corrected chi connectivity index (χ0v) is 10.3. The van der Waals surface area contributed by atoms with Gasteiger partial charge in [0.05, 0.1) is 11.7 Å². The first-order valence-corrected chi connectivity index (χ1v) is 5.65. The lowest BCUT2D eigenvalue weighted by molar-refractivity contribution is -0.127. The van der Waals surface area contributed by atoms with Crippen molar-refractivity contribution in [1.82, 2.24) is 0 Å². The Bertz CT molecular complexity index is 348. The molecule has 2 heteroatoms. The van der Waals surface area contributed by atoms with Crippen LogP contribution in [-0.4, -0.2) is 17.5 Å². The zero-order valence-electron chi connectivity index (χ0n) is 10.3. The molecule has 84 valence electrons. The fourth-order valence-electron chi connectivity index (χ4n) is 2.82. The van der Waals surface area contributed by atoms with E-state index < -0.39 is 0 Å². The third-order valence-electron chi connectivity index (χ3n) is 3.60. The summed E-state index contributed by atoms with van der Waals surface area (Å²) in [5.41, 5.74) is 1.84. The van der Waals surface area contributed by atoms with E-state index >= 15 is 0 Å². The molecule has 0 aromatic carbocycles. The molecule has 1 fully saturated rings. The number of ketones is 1. The van der Waals surface area contributed by atoms with Crippen molar-refractivity contribution >= 4 is 5.78 Å². The molecule has 1 heterocycles. The maximum absolute atomic E-state index is 12.1. The van der Waals surface area contributed by atoms with Gasteiger partial charge in [-0.05, 0) is 38.3 Å². The zero-order chi connectivity index (χ0) is 11.4. The molecule has 1 saturated heterocycles. The van der Waals surface area contributed by atoms with Crippen LogP contribution in [0.2, 0.25) is 0 Å². The van der Waals surface area contributed by atoms with Crippen molar-refractivity contribution in [3.05, 3.63) is 11.1 Å². The average Bonchev–Trinajstić information content (AvgIpc) is 2.36. The maximum Gasteiger partial charge on any atom is 0.164 e. The monoisotopic (exact) mass is 208 g/mol. The van der Waals surface area contributed by atoms with Gasteiger partial charge in [-0.15, -0.1) is 0 Å². The van der Waals surface area contributed by atoms with Crippen LogP contribution < -0.4 is 0 Å². The van der Waals surface area contributed by atoms with Crippen molar-refractivity contribution in [2.75, 3.05) is 0 Å². The normalized spacial score (nSPS) is 33.1. The molecule has 2 nitrogen and oxygen atoms in total. The van der Waals surface area contributed by atoms with Crippen molar-refractivity contribution in [3.8, 4) is 0 Å². The van der Waals surface area contributed by atoms with Crippen molar-refractivity contribution in [3.63, 3.8) is 0 Å². The Kier molecular flexibility index (Phi) is 2.13. The van der Waals surface area contributed by atoms with Gasteiger partial charge in [-0.2, -0.15) is 0 Å². The van der Waals surface area contributed by atoms with E-state index in [-0.39, 0.29) is 17.1 Å². The molecule has 2 aliphatic rings. The largest absolute Gasteiger partial charge is 0.368 e. The van der Waals surface area contributed by atoms with Crippen molar-refractivity contribution in [2.45, 2.75) is 59.2 Å². The van der Waals surface area contributed by atoms with E-state index in [4.69, 9.17) is 4.74 Å². The van der Waals surface area contributed by atoms with E-state index in [2.05, 4.69) is 13.8 Å². The summed E-state index contributed by atoms with van der Waals surface area (Å²) in [6.45, 7) is 10.2. The highest BCUT2D eigenvalue weighted by atomic mass is 16.5.